The molecule has 1 N–H and O–H groups in total. The summed E-state index contributed by atoms with van der Waals surface area (Å²) in [5.41, 5.74) is 1.41. The number of benzene rings is 2. The van der Waals surface area contributed by atoms with Crippen LogP contribution in [0.5, 0.6) is 0 Å². The van der Waals surface area contributed by atoms with Gasteiger partial charge in [0.05, 0.1) is 15.5 Å². The van der Waals surface area contributed by atoms with Gasteiger partial charge in [-0.05, 0) is 23.8 Å². The van der Waals surface area contributed by atoms with E-state index >= 15 is 0 Å². The second-order valence-corrected chi connectivity index (χ2v) is 9.40. The van der Waals surface area contributed by atoms with Crippen LogP contribution >= 0.6 is 0 Å². The van der Waals surface area contributed by atoms with Crippen LogP contribution in [0.4, 0.5) is 5.69 Å². The van der Waals surface area contributed by atoms with Crippen molar-refractivity contribution in [1.29, 1.82) is 0 Å². The summed E-state index contributed by atoms with van der Waals surface area (Å²) in [6.07, 6.45) is 5.88. The highest BCUT2D eigenvalue weighted by Gasteiger charge is 2.17. The molecule has 0 saturated carbocycles. The van der Waals surface area contributed by atoms with E-state index in [0.717, 1.165) is 18.1 Å². The largest absolute Gasteiger partial charge is 0.381 e. The Balaban J connectivity index is 2.22. The Morgan fingerprint density at radius 3 is 2.17 bits per heavy atom. The molecule has 0 amide bonds. The van der Waals surface area contributed by atoms with Gasteiger partial charge in [-0.15, -0.1) is 0 Å². The molecule has 5 nitrogen and oxygen atoms in total. The van der Waals surface area contributed by atoms with Gasteiger partial charge in [0, 0.05) is 19.1 Å². The molecule has 0 bridgehead atoms. The zero-order valence-electron chi connectivity index (χ0n) is 13.4. The van der Waals surface area contributed by atoms with Gasteiger partial charge in [-0.25, -0.2) is 16.8 Å². The van der Waals surface area contributed by atoms with Gasteiger partial charge in [0.1, 0.15) is 0 Å². The van der Waals surface area contributed by atoms with Crippen molar-refractivity contribution in [2.24, 2.45) is 0 Å². The molecule has 7 heteroatoms. The normalized spacial score (nSPS) is 12.4. The van der Waals surface area contributed by atoms with Gasteiger partial charge in [-0.3, -0.25) is 0 Å². The molecule has 24 heavy (non-hydrogen) atoms. The lowest BCUT2D eigenvalue weighted by Gasteiger charge is -2.11. The van der Waals surface area contributed by atoms with E-state index in [1.165, 1.54) is 18.2 Å². The molecule has 0 heterocycles. The van der Waals surface area contributed by atoms with Crippen molar-refractivity contribution >= 4 is 31.4 Å². The van der Waals surface area contributed by atoms with E-state index in [1.807, 2.05) is 42.5 Å². The van der Waals surface area contributed by atoms with Crippen LogP contribution in [-0.2, 0) is 19.7 Å². The van der Waals surface area contributed by atoms with Gasteiger partial charge < -0.3 is 5.32 Å². The summed E-state index contributed by atoms with van der Waals surface area (Å²) < 4.78 is 47.1. The van der Waals surface area contributed by atoms with Crippen LogP contribution in [0.15, 0.2) is 64.4 Å². The van der Waals surface area contributed by atoms with Crippen molar-refractivity contribution in [3.05, 3.63) is 60.2 Å². The fourth-order valence-electron chi connectivity index (χ4n) is 2.11. The van der Waals surface area contributed by atoms with Crippen molar-refractivity contribution < 1.29 is 16.8 Å². The Labute approximate surface area is 142 Å². The Bertz CT molecular complexity index is 947. The summed E-state index contributed by atoms with van der Waals surface area (Å²) in [5.74, 6) is 0. The second kappa shape index (κ2) is 7.19. The van der Waals surface area contributed by atoms with Crippen molar-refractivity contribution in [2.45, 2.75) is 9.79 Å². The first-order valence-corrected chi connectivity index (χ1v) is 11.0. The molecule has 2 rings (SSSR count). The molecule has 0 saturated heterocycles. The molecular formula is C17H19NO4S2. The quantitative estimate of drug-likeness (QED) is 0.851. The maximum atomic E-state index is 11.9. The van der Waals surface area contributed by atoms with Crippen LogP contribution in [-0.4, -0.2) is 35.9 Å². The number of hydrogen-bond acceptors (Lipinski definition) is 5. The summed E-state index contributed by atoms with van der Waals surface area (Å²) >= 11 is 0. The van der Waals surface area contributed by atoms with Crippen molar-refractivity contribution in [3.63, 3.8) is 0 Å². The highest BCUT2D eigenvalue weighted by atomic mass is 32.2. The number of nitrogens with one attached hydrogen (secondary N) is 1. The van der Waals surface area contributed by atoms with Crippen LogP contribution in [0, 0.1) is 0 Å². The third-order valence-corrected chi connectivity index (χ3v) is 5.55. The van der Waals surface area contributed by atoms with E-state index in [0.29, 0.717) is 12.2 Å². The topological polar surface area (TPSA) is 80.3 Å². The lowest BCUT2D eigenvalue weighted by atomic mass is 10.2. The lowest BCUT2D eigenvalue weighted by Crippen LogP contribution is -2.08. The predicted octanol–water partition coefficient (Wildman–Crippen LogP) is 2.62. The van der Waals surface area contributed by atoms with Gasteiger partial charge in [-0.2, -0.15) is 0 Å². The first-order chi connectivity index (χ1) is 11.2. The van der Waals surface area contributed by atoms with E-state index in [9.17, 15) is 16.8 Å². The van der Waals surface area contributed by atoms with Gasteiger partial charge in [0.2, 0.25) is 0 Å². The van der Waals surface area contributed by atoms with Gasteiger partial charge in [-0.1, -0.05) is 42.5 Å². The maximum Gasteiger partial charge on any atom is 0.177 e. The molecule has 0 aliphatic heterocycles. The van der Waals surface area contributed by atoms with Crippen LogP contribution in [0.3, 0.4) is 0 Å². The van der Waals surface area contributed by atoms with Crippen molar-refractivity contribution in [1.82, 2.24) is 0 Å². The minimum Gasteiger partial charge on any atom is -0.381 e. The molecule has 2 aromatic carbocycles. The first-order valence-electron chi connectivity index (χ1n) is 7.17. The smallest absolute Gasteiger partial charge is 0.177 e. The van der Waals surface area contributed by atoms with Crippen LogP contribution in [0.25, 0.3) is 6.08 Å². The predicted molar refractivity (Wildman–Crippen MR) is 96.6 cm³/mol. The van der Waals surface area contributed by atoms with Crippen LogP contribution in [0.2, 0.25) is 0 Å². The monoisotopic (exact) mass is 365 g/mol. The molecule has 0 unspecified atom stereocenters. The second-order valence-electron chi connectivity index (χ2n) is 5.40. The molecular weight excluding hydrogens is 346 g/mol. The van der Waals surface area contributed by atoms with E-state index in [4.69, 9.17) is 0 Å². The maximum absolute atomic E-state index is 11.9. The summed E-state index contributed by atoms with van der Waals surface area (Å²) in [6, 6.07) is 13.8. The standard InChI is InChI=1S/C17H19NO4S2/c1-23(19,20)15-10-11-16(17(13-15)24(2,21)22)18-12-6-9-14-7-4-3-5-8-14/h3-11,13,18H,12H2,1-2H3/b9-6+. The summed E-state index contributed by atoms with van der Waals surface area (Å²) in [6.45, 7) is 0.412. The minimum atomic E-state index is -3.56. The van der Waals surface area contributed by atoms with E-state index < -0.39 is 19.7 Å². The minimum absolute atomic E-state index is 0.0201. The van der Waals surface area contributed by atoms with Gasteiger partial charge in [0.25, 0.3) is 0 Å². The van der Waals surface area contributed by atoms with Crippen molar-refractivity contribution in [2.75, 3.05) is 24.4 Å². The first kappa shape index (κ1) is 18.2. The zero-order valence-corrected chi connectivity index (χ0v) is 15.1. The fourth-order valence-corrected chi connectivity index (χ4v) is 3.72. The summed E-state index contributed by atoms with van der Waals surface area (Å²) in [4.78, 5) is -0.0492. The average Bonchev–Trinajstić information content (AvgIpc) is 2.50. The molecule has 0 aliphatic rings. The van der Waals surface area contributed by atoms with Crippen LogP contribution < -0.4 is 5.32 Å². The molecule has 0 spiro atoms. The molecule has 2 aromatic rings. The average molecular weight is 365 g/mol. The van der Waals surface area contributed by atoms with Gasteiger partial charge >= 0.3 is 0 Å². The third-order valence-electron chi connectivity index (χ3n) is 3.30. The fraction of sp³-hybridized carbons (Fsp3) is 0.176. The third kappa shape index (κ3) is 4.94. The Kier molecular flexibility index (Phi) is 5.46. The number of anilines is 1. The number of hydrogen-bond donors (Lipinski definition) is 1. The Morgan fingerprint density at radius 2 is 1.58 bits per heavy atom. The number of rotatable bonds is 6. The Morgan fingerprint density at radius 1 is 0.917 bits per heavy atom. The molecule has 0 aliphatic carbocycles. The Hall–Kier alpha value is -2.12. The number of sulfone groups is 2. The summed E-state index contributed by atoms with van der Waals surface area (Å²) in [5, 5.41) is 3.01. The van der Waals surface area contributed by atoms with E-state index in [1.54, 1.807) is 0 Å². The molecule has 0 radical (unpaired) electrons. The lowest BCUT2D eigenvalue weighted by molar-refractivity contribution is 0.600. The molecule has 128 valence electrons. The van der Waals surface area contributed by atoms with E-state index in [2.05, 4.69) is 5.32 Å². The van der Waals surface area contributed by atoms with Gasteiger partial charge in [0.15, 0.2) is 19.7 Å². The highest BCUT2D eigenvalue weighted by molar-refractivity contribution is 7.91. The van der Waals surface area contributed by atoms with Crippen molar-refractivity contribution in [3.8, 4) is 0 Å². The van der Waals surface area contributed by atoms with Crippen LogP contribution in [0.1, 0.15) is 5.56 Å². The zero-order chi connectivity index (χ0) is 17.8. The molecule has 0 aromatic heterocycles. The highest BCUT2D eigenvalue weighted by Crippen LogP contribution is 2.25. The van der Waals surface area contributed by atoms with E-state index in [-0.39, 0.29) is 9.79 Å². The SMILES string of the molecule is CS(=O)(=O)c1ccc(NC/C=C/c2ccccc2)c(S(C)(=O)=O)c1. The summed E-state index contributed by atoms with van der Waals surface area (Å²) in [7, 11) is -7.03. The molecule has 0 atom stereocenters. The molecule has 0 fully saturated rings.